The van der Waals surface area contributed by atoms with Gasteiger partial charge in [0.1, 0.15) is 0 Å². The van der Waals surface area contributed by atoms with Crippen LogP contribution in [0.3, 0.4) is 0 Å². The quantitative estimate of drug-likeness (QED) is 0.519. The van der Waals surface area contributed by atoms with Crippen molar-refractivity contribution in [1.29, 1.82) is 0 Å². The van der Waals surface area contributed by atoms with Crippen molar-refractivity contribution < 1.29 is 8.42 Å². The maximum absolute atomic E-state index is 11.3. The number of nitrogens with zero attached hydrogens (tertiary/aromatic N) is 1. The smallest absolute Gasteiger partial charge is 0.208 e. The van der Waals surface area contributed by atoms with Gasteiger partial charge < -0.3 is 11.1 Å². The maximum atomic E-state index is 11.3. The summed E-state index contributed by atoms with van der Waals surface area (Å²) in [5.41, 5.74) is 5.96. The molecule has 2 aliphatic rings. The zero-order valence-corrected chi connectivity index (χ0v) is 13.7. The van der Waals surface area contributed by atoms with Gasteiger partial charge in [-0.25, -0.2) is 13.1 Å². The fourth-order valence-corrected chi connectivity index (χ4v) is 4.26. The summed E-state index contributed by atoms with van der Waals surface area (Å²) < 4.78 is 25.4. The van der Waals surface area contributed by atoms with Gasteiger partial charge in [0, 0.05) is 18.6 Å². The molecular weight excluding hydrogens is 288 g/mol. The first-order chi connectivity index (χ1) is 9.94. The van der Waals surface area contributed by atoms with Crippen molar-refractivity contribution in [1.82, 2.24) is 10.0 Å². The molecule has 0 bridgehead atoms. The number of nitrogens with two attached hydrogens (primary N) is 1. The van der Waals surface area contributed by atoms with Crippen molar-refractivity contribution in [3.05, 3.63) is 0 Å². The fraction of sp³-hybridized carbons (Fsp3) is 0.929. The molecule has 0 amide bonds. The molecule has 2 aliphatic carbocycles. The molecule has 2 rings (SSSR count). The lowest BCUT2D eigenvalue weighted by Crippen LogP contribution is -2.42. The molecular formula is C14H28N4O2S. The Kier molecular flexibility index (Phi) is 5.87. The highest BCUT2D eigenvalue weighted by Gasteiger charge is 2.29. The minimum absolute atomic E-state index is 0.00577. The summed E-state index contributed by atoms with van der Waals surface area (Å²) >= 11 is 0. The second-order valence-corrected chi connectivity index (χ2v) is 8.17. The number of guanidine groups is 1. The van der Waals surface area contributed by atoms with E-state index in [9.17, 15) is 8.42 Å². The molecule has 0 aromatic rings. The average molecular weight is 316 g/mol. The predicted octanol–water partition coefficient (Wildman–Crippen LogP) is 0.941. The van der Waals surface area contributed by atoms with Gasteiger partial charge in [-0.05, 0) is 31.6 Å². The van der Waals surface area contributed by atoms with E-state index in [2.05, 4.69) is 15.0 Å². The van der Waals surface area contributed by atoms with Crippen LogP contribution in [-0.2, 0) is 10.0 Å². The summed E-state index contributed by atoms with van der Waals surface area (Å²) in [5.74, 6) is 0.762. The molecule has 0 radical (unpaired) electrons. The molecule has 0 saturated heterocycles. The molecule has 6 nitrogen and oxygen atoms in total. The Morgan fingerprint density at radius 1 is 1.14 bits per heavy atom. The molecule has 2 fully saturated rings. The molecule has 2 atom stereocenters. The van der Waals surface area contributed by atoms with Gasteiger partial charge in [-0.15, -0.1) is 0 Å². The van der Waals surface area contributed by atoms with Crippen LogP contribution in [0.5, 0.6) is 0 Å². The number of hydrogen-bond acceptors (Lipinski definition) is 3. The summed E-state index contributed by atoms with van der Waals surface area (Å²) in [5, 5.41) is 3.29. The third-order valence-corrected chi connectivity index (χ3v) is 5.21. The van der Waals surface area contributed by atoms with Crippen molar-refractivity contribution >= 4 is 16.0 Å². The zero-order valence-electron chi connectivity index (χ0n) is 12.8. The molecule has 7 heteroatoms. The summed E-state index contributed by atoms with van der Waals surface area (Å²) in [6.45, 7) is 0.596. The molecule has 21 heavy (non-hydrogen) atoms. The molecule has 2 unspecified atom stereocenters. The van der Waals surface area contributed by atoms with E-state index in [-0.39, 0.29) is 12.0 Å². The van der Waals surface area contributed by atoms with Gasteiger partial charge in [0.05, 0.1) is 6.26 Å². The van der Waals surface area contributed by atoms with E-state index in [0.29, 0.717) is 18.5 Å². The number of hydrogen-bond donors (Lipinski definition) is 3. The third-order valence-electron chi connectivity index (χ3n) is 4.48. The Balaban J connectivity index is 1.80. The molecule has 2 saturated carbocycles. The Hall–Kier alpha value is -0.820. The van der Waals surface area contributed by atoms with Gasteiger partial charge in [0.2, 0.25) is 10.0 Å². The summed E-state index contributed by atoms with van der Waals surface area (Å²) in [6.07, 6.45) is 10.3. The third kappa shape index (κ3) is 5.82. The van der Waals surface area contributed by atoms with E-state index in [1.165, 1.54) is 25.5 Å². The number of aliphatic imine (C=N–C) groups is 1. The summed E-state index contributed by atoms with van der Waals surface area (Å²) in [4.78, 5) is 4.43. The molecule has 0 aromatic heterocycles. The van der Waals surface area contributed by atoms with Gasteiger partial charge in [-0.1, -0.05) is 25.7 Å². The molecule has 4 N–H and O–H groups in total. The van der Waals surface area contributed by atoms with Crippen molar-refractivity contribution in [2.75, 3.05) is 12.8 Å². The van der Waals surface area contributed by atoms with Crippen molar-refractivity contribution in [2.45, 2.75) is 63.5 Å². The van der Waals surface area contributed by atoms with Crippen LogP contribution in [0.15, 0.2) is 4.99 Å². The van der Waals surface area contributed by atoms with Crippen LogP contribution in [0.4, 0.5) is 0 Å². The monoisotopic (exact) mass is 316 g/mol. The summed E-state index contributed by atoms with van der Waals surface area (Å²) in [7, 11) is -3.15. The largest absolute Gasteiger partial charge is 0.370 e. The van der Waals surface area contributed by atoms with Crippen molar-refractivity contribution in [3.8, 4) is 0 Å². The van der Waals surface area contributed by atoms with E-state index < -0.39 is 10.0 Å². The molecule has 122 valence electrons. The Morgan fingerprint density at radius 2 is 1.86 bits per heavy atom. The highest BCUT2D eigenvalue weighted by atomic mass is 32.2. The minimum Gasteiger partial charge on any atom is -0.370 e. The summed E-state index contributed by atoms with van der Waals surface area (Å²) in [6, 6.07) is 0.460. The van der Waals surface area contributed by atoms with E-state index >= 15 is 0 Å². The second-order valence-electron chi connectivity index (χ2n) is 6.39. The van der Waals surface area contributed by atoms with Crippen LogP contribution in [0.2, 0.25) is 0 Å². The predicted molar refractivity (Wildman–Crippen MR) is 85.6 cm³/mol. The first-order valence-corrected chi connectivity index (χ1v) is 9.87. The molecule has 0 aliphatic heterocycles. The standard InChI is InChI=1S/C14H28N4O2S/c1-21(19,20)18-13-9-5-6-11(13)10-16-14(15)17-12-7-3-2-4-8-12/h11-13,18H,2-10H2,1H3,(H3,15,16,17). The van der Waals surface area contributed by atoms with Gasteiger partial charge in [0.15, 0.2) is 5.96 Å². The lowest BCUT2D eigenvalue weighted by Gasteiger charge is -2.23. The first kappa shape index (κ1) is 16.5. The van der Waals surface area contributed by atoms with Gasteiger partial charge >= 0.3 is 0 Å². The number of rotatable bonds is 5. The fourth-order valence-electron chi connectivity index (χ4n) is 3.40. The molecule has 0 spiro atoms. The lowest BCUT2D eigenvalue weighted by molar-refractivity contribution is 0.410. The number of nitrogens with one attached hydrogen (secondary N) is 2. The minimum atomic E-state index is -3.15. The molecule has 0 aromatic carbocycles. The number of sulfonamides is 1. The van der Waals surface area contributed by atoms with E-state index in [0.717, 1.165) is 32.1 Å². The van der Waals surface area contributed by atoms with Gasteiger partial charge in [0.25, 0.3) is 0 Å². The average Bonchev–Trinajstić information content (AvgIpc) is 2.82. The Bertz CT molecular complexity index is 458. The zero-order chi connectivity index (χ0) is 15.3. The van der Waals surface area contributed by atoms with Crippen LogP contribution in [0, 0.1) is 5.92 Å². The van der Waals surface area contributed by atoms with Crippen LogP contribution in [0.25, 0.3) is 0 Å². The molecule has 0 heterocycles. The first-order valence-electron chi connectivity index (χ1n) is 7.98. The maximum Gasteiger partial charge on any atom is 0.208 e. The highest BCUT2D eigenvalue weighted by Crippen LogP contribution is 2.26. The van der Waals surface area contributed by atoms with Gasteiger partial charge in [-0.3, -0.25) is 4.99 Å². The Labute approximate surface area is 128 Å². The van der Waals surface area contributed by atoms with Crippen LogP contribution in [-0.4, -0.2) is 39.3 Å². The Morgan fingerprint density at radius 3 is 2.52 bits per heavy atom. The van der Waals surface area contributed by atoms with Crippen LogP contribution in [0.1, 0.15) is 51.4 Å². The van der Waals surface area contributed by atoms with Crippen molar-refractivity contribution in [2.24, 2.45) is 16.6 Å². The van der Waals surface area contributed by atoms with Crippen LogP contribution < -0.4 is 15.8 Å². The van der Waals surface area contributed by atoms with E-state index in [1.807, 2.05) is 0 Å². The SMILES string of the molecule is CS(=O)(=O)NC1CCCC1CN=C(N)NC1CCCCC1. The van der Waals surface area contributed by atoms with Gasteiger partial charge in [-0.2, -0.15) is 0 Å². The normalized spacial score (nSPS) is 28.7. The van der Waals surface area contributed by atoms with Crippen molar-refractivity contribution in [3.63, 3.8) is 0 Å². The topological polar surface area (TPSA) is 96.6 Å². The van der Waals surface area contributed by atoms with E-state index in [1.54, 1.807) is 0 Å². The van der Waals surface area contributed by atoms with E-state index in [4.69, 9.17) is 5.73 Å². The second kappa shape index (κ2) is 7.45. The highest BCUT2D eigenvalue weighted by molar-refractivity contribution is 7.88. The van der Waals surface area contributed by atoms with Crippen LogP contribution >= 0.6 is 0 Å². The lowest BCUT2D eigenvalue weighted by atomic mass is 9.96.